The number of aryl methyl sites for hydroxylation is 1. The van der Waals surface area contributed by atoms with Crippen molar-refractivity contribution in [1.82, 2.24) is 0 Å². The van der Waals surface area contributed by atoms with E-state index >= 15 is 0 Å². The minimum absolute atomic E-state index is 0.0266. The molecule has 1 aromatic carbocycles. The normalized spacial score (nSPS) is 10.1. The minimum atomic E-state index is -0.983. The van der Waals surface area contributed by atoms with Crippen molar-refractivity contribution in [2.75, 3.05) is 7.11 Å². The van der Waals surface area contributed by atoms with Crippen LogP contribution in [0.3, 0.4) is 0 Å². The molecule has 0 bridgehead atoms. The highest BCUT2D eigenvalue weighted by atomic mass is 79.9. The van der Waals surface area contributed by atoms with Crippen LogP contribution in [0, 0.1) is 6.92 Å². The smallest absolute Gasteiger partial charge is 0.303 e. The van der Waals surface area contributed by atoms with Gasteiger partial charge in [-0.25, -0.2) is 0 Å². The van der Waals surface area contributed by atoms with E-state index < -0.39 is 5.97 Å². The number of ether oxygens (including phenoxy) is 1. The van der Waals surface area contributed by atoms with Gasteiger partial charge in [-0.3, -0.25) is 9.59 Å². The molecule has 0 aliphatic rings. The maximum Gasteiger partial charge on any atom is 0.303 e. The van der Waals surface area contributed by atoms with Crippen LogP contribution in [0.1, 0.15) is 28.8 Å². The number of hydrogen-bond acceptors (Lipinski definition) is 3. The lowest BCUT2D eigenvalue weighted by Crippen LogP contribution is -2.06. The van der Waals surface area contributed by atoms with Crippen molar-refractivity contribution in [2.45, 2.75) is 19.8 Å². The van der Waals surface area contributed by atoms with Gasteiger partial charge >= 0.3 is 5.97 Å². The molecule has 0 fully saturated rings. The molecule has 92 valence electrons. The molecule has 0 heterocycles. The Hall–Kier alpha value is -1.36. The van der Waals surface area contributed by atoms with Gasteiger partial charge in [0.25, 0.3) is 0 Å². The molecular weight excluding hydrogens is 288 g/mol. The number of carbonyl (C=O) groups excluding carboxylic acids is 1. The molecule has 0 amide bonds. The summed E-state index contributed by atoms with van der Waals surface area (Å²) in [6.45, 7) is 1.89. The molecule has 0 aromatic heterocycles. The van der Waals surface area contributed by atoms with Crippen LogP contribution in [0.4, 0.5) is 0 Å². The van der Waals surface area contributed by atoms with Gasteiger partial charge in [-0.2, -0.15) is 0 Å². The SMILES string of the molecule is COc1cc(C)c(Br)cc1C(=O)CCC(=O)O. The quantitative estimate of drug-likeness (QED) is 0.849. The molecule has 0 aliphatic heterocycles. The van der Waals surface area contributed by atoms with Gasteiger partial charge in [-0.05, 0) is 24.6 Å². The molecule has 5 heteroatoms. The highest BCUT2D eigenvalue weighted by Gasteiger charge is 2.15. The fraction of sp³-hybridized carbons (Fsp3) is 0.333. The second kappa shape index (κ2) is 5.82. The summed E-state index contributed by atoms with van der Waals surface area (Å²) in [6, 6.07) is 3.41. The number of carboxylic acids is 1. The van der Waals surface area contributed by atoms with Crippen LogP contribution in [0.15, 0.2) is 16.6 Å². The largest absolute Gasteiger partial charge is 0.496 e. The van der Waals surface area contributed by atoms with Gasteiger partial charge in [0.15, 0.2) is 5.78 Å². The predicted molar refractivity (Wildman–Crippen MR) is 66.6 cm³/mol. The number of carbonyl (C=O) groups is 2. The van der Waals surface area contributed by atoms with Gasteiger partial charge in [0.1, 0.15) is 5.75 Å². The monoisotopic (exact) mass is 300 g/mol. The van der Waals surface area contributed by atoms with Crippen LogP contribution in [-0.4, -0.2) is 24.0 Å². The average molecular weight is 301 g/mol. The van der Waals surface area contributed by atoms with Crippen molar-refractivity contribution in [2.24, 2.45) is 0 Å². The third-order valence-electron chi connectivity index (χ3n) is 2.35. The summed E-state index contributed by atoms with van der Waals surface area (Å²) >= 11 is 3.33. The van der Waals surface area contributed by atoms with E-state index in [0.29, 0.717) is 11.3 Å². The fourth-order valence-corrected chi connectivity index (χ4v) is 1.74. The van der Waals surface area contributed by atoms with Crippen molar-refractivity contribution in [3.63, 3.8) is 0 Å². The Labute approximate surface area is 108 Å². The van der Waals surface area contributed by atoms with Gasteiger partial charge in [-0.1, -0.05) is 15.9 Å². The maximum absolute atomic E-state index is 11.8. The number of benzene rings is 1. The predicted octanol–water partition coefficient (Wildman–Crippen LogP) is 2.81. The molecule has 1 rings (SSSR count). The molecule has 0 unspecified atom stereocenters. The van der Waals surface area contributed by atoms with Gasteiger partial charge in [0.05, 0.1) is 19.1 Å². The maximum atomic E-state index is 11.8. The zero-order valence-corrected chi connectivity index (χ0v) is 11.2. The van der Waals surface area contributed by atoms with E-state index in [0.717, 1.165) is 10.0 Å². The first-order valence-electron chi connectivity index (χ1n) is 5.05. The van der Waals surface area contributed by atoms with Gasteiger partial charge in [0, 0.05) is 10.9 Å². The second-order valence-corrected chi connectivity index (χ2v) is 4.47. The molecule has 1 N–H and O–H groups in total. The van der Waals surface area contributed by atoms with Crippen molar-refractivity contribution in [1.29, 1.82) is 0 Å². The summed E-state index contributed by atoms with van der Waals surface area (Å²) < 4.78 is 5.92. The van der Waals surface area contributed by atoms with E-state index in [2.05, 4.69) is 15.9 Å². The van der Waals surface area contributed by atoms with Crippen molar-refractivity contribution in [3.05, 3.63) is 27.7 Å². The van der Waals surface area contributed by atoms with Gasteiger partial charge < -0.3 is 9.84 Å². The second-order valence-electron chi connectivity index (χ2n) is 3.62. The topological polar surface area (TPSA) is 63.6 Å². The van der Waals surface area contributed by atoms with E-state index in [1.165, 1.54) is 7.11 Å². The number of ketones is 1. The molecule has 0 aliphatic carbocycles. The summed E-state index contributed by atoms with van der Waals surface area (Å²) in [6.07, 6.45) is -0.200. The molecule has 0 radical (unpaired) electrons. The zero-order chi connectivity index (χ0) is 13.0. The van der Waals surface area contributed by atoms with Crippen LogP contribution in [0.2, 0.25) is 0 Å². The first kappa shape index (κ1) is 13.7. The summed E-state index contributed by atoms with van der Waals surface area (Å²) in [7, 11) is 1.48. The van der Waals surface area contributed by atoms with Gasteiger partial charge in [-0.15, -0.1) is 0 Å². The average Bonchev–Trinajstić information content (AvgIpc) is 2.28. The van der Waals surface area contributed by atoms with Crippen molar-refractivity contribution in [3.8, 4) is 5.75 Å². The lowest BCUT2D eigenvalue weighted by Gasteiger charge is -2.09. The van der Waals surface area contributed by atoms with Crippen LogP contribution in [0.5, 0.6) is 5.75 Å². The molecule has 0 saturated carbocycles. The number of methoxy groups -OCH3 is 1. The Morgan fingerprint density at radius 1 is 1.35 bits per heavy atom. The molecule has 17 heavy (non-hydrogen) atoms. The Morgan fingerprint density at radius 3 is 2.53 bits per heavy atom. The molecular formula is C12H13BrO4. The highest BCUT2D eigenvalue weighted by Crippen LogP contribution is 2.28. The lowest BCUT2D eigenvalue weighted by atomic mass is 10.0. The number of aliphatic carboxylic acids is 1. The Balaban J connectivity index is 2.99. The molecule has 0 saturated heterocycles. The molecule has 0 atom stereocenters. The molecule has 0 spiro atoms. The number of Topliss-reactive ketones (excluding diaryl/α,β-unsaturated/α-hetero) is 1. The number of hydrogen-bond donors (Lipinski definition) is 1. The Morgan fingerprint density at radius 2 is 2.00 bits per heavy atom. The van der Waals surface area contributed by atoms with Crippen LogP contribution in [0.25, 0.3) is 0 Å². The lowest BCUT2D eigenvalue weighted by molar-refractivity contribution is -0.136. The number of rotatable bonds is 5. The van der Waals surface area contributed by atoms with E-state index in [-0.39, 0.29) is 18.6 Å². The van der Waals surface area contributed by atoms with E-state index in [9.17, 15) is 9.59 Å². The number of carboxylic acid groups (broad SMARTS) is 1. The van der Waals surface area contributed by atoms with Crippen molar-refractivity contribution >= 4 is 27.7 Å². The first-order chi connectivity index (χ1) is 7.95. The Kier molecular flexibility index (Phi) is 4.69. The highest BCUT2D eigenvalue weighted by molar-refractivity contribution is 9.10. The van der Waals surface area contributed by atoms with E-state index in [1.807, 2.05) is 6.92 Å². The fourth-order valence-electron chi connectivity index (χ4n) is 1.40. The summed E-state index contributed by atoms with van der Waals surface area (Å²) in [5.41, 5.74) is 1.36. The summed E-state index contributed by atoms with van der Waals surface area (Å²) in [5.74, 6) is -0.741. The van der Waals surface area contributed by atoms with Crippen LogP contribution < -0.4 is 4.74 Å². The summed E-state index contributed by atoms with van der Waals surface area (Å²) in [4.78, 5) is 22.2. The third-order valence-corrected chi connectivity index (χ3v) is 3.20. The molecule has 1 aromatic rings. The van der Waals surface area contributed by atoms with Crippen LogP contribution in [-0.2, 0) is 4.79 Å². The summed E-state index contributed by atoms with van der Waals surface area (Å²) in [5, 5.41) is 8.54. The first-order valence-corrected chi connectivity index (χ1v) is 5.84. The van der Waals surface area contributed by atoms with E-state index in [4.69, 9.17) is 9.84 Å². The minimum Gasteiger partial charge on any atom is -0.496 e. The van der Waals surface area contributed by atoms with Gasteiger partial charge in [0.2, 0.25) is 0 Å². The number of halogens is 1. The molecule has 4 nitrogen and oxygen atoms in total. The third kappa shape index (κ3) is 3.56. The standard InChI is InChI=1S/C12H13BrO4/c1-7-5-11(17-2)8(6-9(7)13)10(14)3-4-12(15)16/h5-6H,3-4H2,1-2H3,(H,15,16). The van der Waals surface area contributed by atoms with Crippen LogP contribution >= 0.6 is 15.9 Å². The Bertz CT molecular complexity index is 454. The van der Waals surface area contributed by atoms with Crippen molar-refractivity contribution < 1.29 is 19.4 Å². The van der Waals surface area contributed by atoms with E-state index in [1.54, 1.807) is 12.1 Å². The zero-order valence-electron chi connectivity index (χ0n) is 9.62.